The van der Waals surface area contributed by atoms with E-state index in [1.54, 1.807) is 19.1 Å². The maximum atomic E-state index is 11.9. The van der Waals surface area contributed by atoms with E-state index in [1.165, 1.54) is 0 Å². The number of rotatable bonds is 3. The summed E-state index contributed by atoms with van der Waals surface area (Å²) >= 11 is 0. The first-order chi connectivity index (χ1) is 9.65. The molecule has 1 amide bonds. The topological polar surface area (TPSA) is 51.7 Å². The number of pyridine rings is 1. The Morgan fingerprint density at radius 1 is 1.35 bits per heavy atom. The molecule has 5 nitrogen and oxygen atoms in total. The molecule has 0 radical (unpaired) electrons. The lowest BCUT2D eigenvalue weighted by Crippen LogP contribution is -2.21. The van der Waals surface area contributed by atoms with Crippen molar-refractivity contribution in [3.8, 4) is 11.6 Å². The Bertz CT molecular complexity index is 697. The van der Waals surface area contributed by atoms with Gasteiger partial charge >= 0.3 is 0 Å². The van der Waals surface area contributed by atoms with Gasteiger partial charge < -0.3 is 9.47 Å². The number of anilines is 1. The number of hydrogen-bond donors (Lipinski definition) is 0. The molecule has 2 aromatic rings. The van der Waals surface area contributed by atoms with Gasteiger partial charge in [0.1, 0.15) is 11.6 Å². The first-order valence-corrected chi connectivity index (χ1v) is 6.55. The van der Waals surface area contributed by atoms with Crippen LogP contribution in [0, 0.1) is 0 Å². The normalized spacial score (nSPS) is 13.8. The fourth-order valence-corrected chi connectivity index (χ4v) is 2.52. The zero-order valence-electron chi connectivity index (χ0n) is 11.8. The molecule has 2 heterocycles. The number of carbonyl (C=O) groups excluding carboxylic acids is 1. The number of methoxy groups -OCH3 is 1. The lowest BCUT2D eigenvalue weighted by molar-refractivity contribution is -0.117. The van der Waals surface area contributed by atoms with Crippen molar-refractivity contribution in [2.24, 2.45) is 0 Å². The van der Waals surface area contributed by atoms with E-state index in [0.29, 0.717) is 24.7 Å². The molecule has 5 heteroatoms. The highest BCUT2D eigenvalue weighted by atomic mass is 16.5. The van der Waals surface area contributed by atoms with Crippen LogP contribution in [0.15, 0.2) is 18.2 Å². The van der Waals surface area contributed by atoms with Gasteiger partial charge in [-0.1, -0.05) is 0 Å². The summed E-state index contributed by atoms with van der Waals surface area (Å²) in [6.45, 7) is 2.45. The Labute approximate surface area is 117 Å². The van der Waals surface area contributed by atoms with Crippen molar-refractivity contribution in [3.05, 3.63) is 23.8 Å². The summed E-state index contributed by atoms with van der Waals surface area (Å²) in [5.41, 5.74) is 0.940. The second-order valence-electron chi connectivity index (χ2n) is 4.69. The Balaban J connectivity index is 2.32. The van der Waals surface area contributed by atoms with Gasteiger partial charge in [-0.2, -0.15) is 4.98 Å². The molecule has 20 heavy (non-hydrogen) atoms. The zero-order chi connectivity index (χ0) is 14.3. The van der Waals surface area contributed by atoms with Gasteiger partial charge in [0.25, 0.3) is 0 Å². The van der Waals surface area contributed by atoms with Crippen molar-refractivity contribution in [2.45, 2.75) is 13.3 Å². The first-order valence-electron chi connectivity index (χ1n) is 6.55. The average Bonchev–Trinajstić information content (AvgIpc) is 2.75. The highest BCUT2D eigenvalue weighted by Gasteiger charge is 2.29. The van der Waals surface area contributed by atoms with Crippen LogP contribution in [-0.2, 0) is 11.2 Å². The first kappa shape index (κ1) is 12.7. The Morgan fingerprint density at radius 2 is 2.15 bits per heavy atom. The van der Waals surface area contributed by atoms with Crippen molar-refractivity contribution in [1.82, 2.24) is 4.98 Å². The quantitative estimate of drug-likeness (QED) is 0.859. The molecule has 0 atom stereocenters. The van der Waals surface area contributed by atoms with Gasteiger partial charge in [0.15, 0.2) is 0 Å². The summed E-state index contributed by atoms with van der Waals surface area (Å²) in [5, 5.41) is 1.88. The third-order valence-electron chi connectivity index (χ3n) is 3.56. The van der Waals surface area contributed by atoms with Crippen LogP contribution in [0.3, 0.4) is 0 Å². The van der Waals surface area contributed by atoms with E-state index in [-0.39, 0.29) is 5.91 Å². The summed E-state index contributed by atoms with van der Waals surface area (Å²) < 4.78 is 10.9. The Hall–Kier alpha value is -2.30. The third-order valence-corrected chi connectivity index (χ3v) is 3.56. The molecule has 1 aromatic heterocycles. The summed E-state index contributed by atoms with van der Waals surface area (Å²) in [7, 11) is 3.37. The number of benzene rings is 1. The van der Waals surface area contributed by atoms with Gasteiger partial charge in [0.05, 0.1) is 20.1 Å². The predicted octanol–water partition coefficient (Wildman–Crippen LogP) is 2.16. The number of likely N-dealkylation sites (N-methyl/N-ethyl adjacent to an activating group) is 1. The highest BCUT2D eigenvalue weighted by molar-refractivity contribution is 6.07. The molecule has 3 rings (SSSR count). The van der Waals surface area contributed by atoms with Crippen LogP contribution < -0.4 is 14.4 Å². The Morgan fingerprint density at radius 3 is 2.85 bits per heavy atom. The van der Waals surface area contributed by atoms with Crippen molar-refractivity contribution in [1.29, 1.82) is 0 Å². The molecule has 0 unspecified atom stereocenters. The van der Waals surface area contributed by atoms with E-state index >= 15 is 0 Å². The second kappa shape index (κ2) is 4.67. The fraction of sp³-hybridized carbons (Fsp3) is 0.333. The van der Waals surface area contributed by atoms with Gasteiger partial charge in [0, 0.05) is 18.0 Å². The number of ether oxygens (including phenoxy) is 2. The van der Waals surface area contributed by atoms with E-state index in [1.807, 2.05) is 25.1 Å². The highest BCUT2D eigenvalue weighted by Crippen LogP contribution is 2.38. The maximum absolute atomic E-state index is 11.9. The molecular weight excluding hydrogens is 256 g/mol. The van der Waals surface area contributed by atoms with E-state index in [4.69, 9.17) is 9.47 Å². The molecule has 1 aliphatic heterocycles. The van der Waals surface area contributed by atoms with E-state index < -0.39 is 0 Å². The molecule has 0 fully saturated rings. The summed E-state index contributed by atoms with van der Waals surface area (Å²) in [5.74, 6) is 2.05. The van der Waals surface area contributed by atoms with Crippen LogP contribution in [0.25, 0.3) is 10.8 Å². The standard InChI is InChI=1S/C15H16N2O3/c1-4-20-15-10-6-5-9(19-3)7-11(10)12-8-13(18)17(2)14(12)16-15/h5-7H,4,8H2,1-3H3. The molecule has 0 spiro atoms. The van der Waals surface area contributed by atoms with Crippen molar-refractivity contribution < 1.29 is 14.3 Å². The predicted molar refractivity (Wildman–Crippen MR) is 76.6 cm³/mol. The van der Waals surface area contributed by atoms with Gasteiger partial charge in [-0.15, -0.1) is 0 Å². The third kappa shape index (κ3) is 1.78. The molecule has 1 aromatic carbocycles. The van der Waals surface area contributed by atoms with E-state index in [9.17, 15) is 4.79 Å². The Kier molecular flexibility index (Phi) is 2.97. The molecule has 0 saturated carbocycles. The average molecular weight is 272 g/mol. The number of aromatic nitrogens is 1. The van der Waals surface area contributed by atoms with Crippen molar-refractivity contribution in [3.63, 3.8) is 0 Å². The number of fused-ring (bicyclic) bond motifs is 3. The number of nitrogens with zero attached hydrogens (tertiary/aromatic N) is 2. The molecule has 104 valence electrons. The second-order valence-corrected chi connectivity index (χ2v) is 4.69. The van der Waals surface area contributed by atoms with Gasteiger partial charge in [-0.3, -0.25) is 9.69 Å². The van der Waals surface area contributed by atoms with Crippen LogP contribution in [-0.4, -0.2) is 31.7 Å². The lowest BCUT2D eigenvalue weighted by atomic mass is 10.1. The number of amides is 1. The SMILES string of the molecule is CCOc1nc2c(c3cc(OC)ccc13)CC(=O)N2C. The molecular formula is C15H16N2O3. The fourth-order valence-electron chi connectivity index (χ4n) is 2.52. The number of hydrogen-bond acceptors (Lipinski definition) is 4. The van der Waals surface area contributed by atoms with Crippen molar-refractivity contribution >= 4 is 22.5 Å². The minimum Gasteiger partial charge on any atom is -0.497 e. The molecule has 0 bridgehead atoms. The van der Waals surface area contributed by atoms with Crippen LogP contribution in [0.4, 0.5) is 5.82 Å². The van der Waals surface area contributed by atoms with Crippen molar-refractivity contribution in [2.75, 3.05) is 25.7 Å². The monoisotopic (exact) mass is 272 g/mol. The molecule has 0 aliphatic carbocycles. The van der Waals surface area contributed by atoms with Gasteiger partial charge in [-0.05, 0) is 30.5 Å². The van der Waals surface area contributed by atoms with Crippen LogP contribution in [0.1, 0.15) is 12.5 Å². The lowest BCUT2D eigenvalue weighted by Gasteiger charge is -2.14. The zero-order valence-corrected chi connectivity index (χ0v) is 11.8. The summed E-state index contributed by atoms with van der Waals surface area (Å²) in [6.07, 6.45) is 0.370. The molecule has 0 N–H and O–H groups in total. The summed E-state index contributed by atoms with van der Waals surface area (Å²) in [4.78, 5) is 18.0. The minimum absolute atomic E-state index is 0.0465. The summed E-state index contributed by atoms with van der Waals surface area (Å²) in [6, 6.07) is 5.74. The van der Waals surface area contributed by atoms with E-state index in [2.05, 4.69) is 4.98 Å². The largest absolute Gasteiger partial charge is 0.497 e. The van der Waals surface area contributed by atoms with Gasteiger partial charge in [-0.25, -0.2) is 0 Å². The molecule has 1 aliphatic rings. The van der Waals surface area contributed by atoms with Crippen LogP contribution in [0.5, 0.6) is 11.6 Å². The minimum atomic E-state index is 0.0465. The molecule has 0 saturated heterocycles. The van der Waals surface area contributed by atoms with Gasteiger partial charge in [0.2, 0.25) is 11.8 Å². The van der Waals surface area contributed by atoms with E-state index in [0.717, 1.165) is 22.1 Å². The van der Waals surface area contributed by atoms with Crippen LogP contribution in [0.2, 0.25) is 0 Å². The number of carbonyl (C=O) groups is 1. The maximum Gasteiger partial charge on any atom is 0.232 e. The van der Waals surface area contributed by atoms with Crippen LogP contribution >= 0.6 is 0 Å². The smallest absolute Gasteiger partial charge is 0.232 e.